The molecule has 10 aromatic rings. The number of fused-ring (bicyclic) bond motifs is 8. The molecule has 0 unspecified atom stereocenters. The fourth-order valence-electron chi connectivity index (χ4n) is 8.43. The second-order valence-corrected chi connectivity index (χ2v) is 15.9. The molecule has 58 heavy (non-hydrogen) atoms. The van der Waals surface area contributed by atoms with E-state index >= 15 is 0 Å². The molecule has 0 spiro atoms. The van der Waals surface area contributed by atoms with Crippen molar-refractivity contribution in [1.29, 1.82) is 0 Å². The summed E-state index contributed by atoms with van der Waals surface area (Å²) in [5.41, 5.74) is 9.45. The van der Waals surface area contributed by atoms with Crippen molar-refractivity contribution in [3.8, 4) is 17.3 Å². The van der Waals surface area contributed by atoms with Crippen LogP contribution in [-0.2, 0) is 33.5 Å². The Kier molecular flexibility index (Phi) is 8.47. The number of nitrogens with zero attached hydrogens (tertiary/aromatic N) is 5. The first-order valence-corrected chi connectivity index (χ1v) is 19.3. The maximum atomic E-state index is 6.77. The Morgan fingerprint density at radius 2 is 1.28 bits per heavy atom. The molecule has 11 rings (SSSR count). The molecule has 7 aromatic carbocycles. The summed E-state index contributed by atoms with van der Waals surface area (Å²) in [5, 5.41) is 7.00. The van der Waals surface area contributed by atoms with Gasteiger partial charge in [-0.15, -0.1) is 53.6 Å². The van der Waals surface area contributed by atoms with Gasteiger partial charge in [-0.3, -0.25) is 0 Å². The van der Waals surface area contributed by atoms with Crippen molar-refractivity contribution in [3.05, 3.63) is 176 Å². The number of hydrogen-bond acceptors (Lipinski definition) is 4. The van der Waals surface area contributed by atoms with E-state index < -0.39 is 0 Å². The van der Waals surface area contributed by atoms with E-state index in [4.69, 9.17) is 9.72 Å². The van der Waals surface area contributed by atoms with Gasteiger partial charge in [0.1, 0.15) is 5.82 Å². The molecule has 0 saturated heterocycles. The van der Waals surface area contributed by atoms with E-state index in [0.717, 1.165) is 66.8 Å². The third-order valence-electron chi connectivity index (χ3n) is 11.4. The minimum absolute atomic E-state index is 0. The van der Waals surface area contributed by atoms with Crippen LogP contribution in [0.2, 0.25) is 0 Å². The van der Waals surface area contributed by atoms with Crippen LogP contribution >= 0.6 is 0 Å². The molecule has 0 aliphatic carbocycles. The van der Waals surface area contributed by atoms with Crippen LogP contribution in [0.1, 0.15) is 26.3 Å². The molecule has 0 radical (unpaired) electrons. The Morgan fingerprint density at radius 1 is 0.586 bits per heavy atom. The van der Waals surface area contributed by atoms with Gasteiger partial charge in [0.2, 0.25) is 0 Å². The van der Waals surface area contributed by atoms with E-state index in [2.05, 4.69) is 199 Å². The number of aromatic nitrogens is 3. The number of para-hydroxylation sites is 4. The van der Waals surface area contributed by atoms with Crippen molar-refractivity contribution in [2.24, 2.45) is 7.05 Å². The number of pyridine rings is 1. The van der Waals surface area contributed by atoms with Crippen molar-refractivity contribution in [3.63, 3.8) is 0 Å². The zero-order chi connectivity index (χ0) is 38.4. The van der Waals surface area contributed by atoms with Gasteiger partial charge in [-0.25, -0.2) is 4.98 Å². The molecule has 6 nitrogen and oxygen atoms in total. The minimum Gasteiger partial charge on any atom is -0.509 e. The normalized spacial score (nSPS) is 12.9. The van der Waals surface area contributed by atoms with Gasteiger partial charge in [0, 0.05) is 90.7 Å². The summed E-state index contributed by atoms with van der Waals surface area (Å²) >= 11 is 0. The van der Waals surface area contributed by atoms with E-state index in [1.165, 1.54) is 21.7 Å². The number of ether oxygens (including phenoxy) is 1. The van der Waals surface area contributed by atoms with Crippen LogP contribution in [0.25, 0.3) is 60.2 Å². The van der Waals surface area contributed by atoms with Gasteiger partial charge < -0.3 is 23.7 Å². The van der Waals surface area contributed by atoms with Gasteiger partial charge in [-0.05, 0) is 64.0 Å². The summed E-state index contributed by atoms with van der Waals surface area (Å²) in [6.45, 7) is 8.82. The second kappa shape index (κ2) is 13.6. The van der Waals surface area contributed by atoms with Crippen LogP contribution in [0, 0.1) is 18.8 Å². The van der Waals surface area contributed by atoms with E-state index in [0.29, 0.717) is 11.5 Å². The molecule has 0 amide bonds. The fourth-order valence-corrected chi connectivity index (χ4v) is 8.43. The molecule has 7 heteroatoms. The van der Waals surface area contributed by atoms with E-state index in [1.807, 2.05) is 18.3 Å². The van der Waals surface area contributed by atoms with Crippen LogP contribution < -0.4 is 14.5 Å². The van der Waals surface area contributed by atoms with E-state index in [-0.39, 0.29) is 26.5 Å². The average Bonchev–Trinajstić information content (AvgIpc) is 3.87. The Bertz CT molecular complexity index is 3210. The molecular weight excluding hydrogens is 894 g/mol. The van der Waals surface area contributed by atoms with Crippen LogP contribution in [0.4, 0.5) is 22.7 Å². The maximum absolute atomic E-state index is 6.77. The first-order chi connectivity index (χ1) is 27.8. The van der Waals surface area contributed by atoms with Gasteiger partial charge in [-0.2, -0.15) is 6.07 Å². The number of benzene rings is 7. The number of aryl methyl sites for hydroxylation is 1. The summed E-state index contributed by atoms with van der Waals surface area (Å²) in [5.74, 6) is 2.06. The molecule has 0 atom stereocenters. The third-order valence-corrected chi connectivity index (χ3v) is 11.4. The quantitative estimate of drug-likeness (QED) is 0.161. The summed E-state index contributed by atoms with van der Waals surface area (Å²) in [6.07, 6.45) is 2.02. The summed E-state index contributed by atoms with van der Waals surface area (Å²) < 4.78 is 11.3. The van der Waals surface area contributed by atoms with Crippen molar-refractivity contribution in [2.75, 3.05) is 9.80 Å². The molecule has 0 saturated carbocycles. The standard InChI is InChI=1S/C51H38N5O.Pt/c1-51(2,3)35-26-37(55-32-54(36-16-6-5-7-17-36)45-20-12-13-21-46(45)55)28-39(27-35)57-38-22-23-41-40-18-10-11-19-44(40)56(49(41)29-38)50-30-48-43(31-52-50)42-24-33-14-8-9-15-34(33)25-47(42)53(48)4;/h5-27,30-32H,1-4H3;/q-3;. The smallest absolute Gasteiger partial charge is 0.137 e. The topological polar surface area (TPSA) is 38.5 Å². The molecule has 1 aliphatic heterocycles. The summed E-state index contributed by atoms with van der Waals surface area (Å²) in [6, 6.07) is 58.5. The Hall–Kier alpha value is -6.36. The molecule has 286 valence electrons. The predicted octanol–water partition coefficient (Wildman–Crippen LogP) is 13.1. The minimum atomic E-state index is -0.140. The van der Waals surface area contributed by atoms with Gasteiger partial charge in [-0.1, -0.05) is 99.1 Å². The first kappa shape index (κ1) is 36.0. The zero-order valence-corrected chi connectivity index (χ0v) is 34.7. The maximum Gasteiger partial charge on any atom is 0.137 e. The second-order valence-electron chi connectivity index (χ2n) is 15.9. The predicted molar refractivity (Wildman–Crippen MR) is 234 cm³/mol. The van der Waals surface area contributed by atoms with Gasteiger partial charge in [0.15, 0.2) is 0 Å². The molecule has 0 bridgehead atoms. The Labute approximate surface area is 351 Å². The summed E-state index contributed by atoms with van der Waals surface area (Å²) in [7, 11) is 2.14. The van der Waals surface area contributed by atoms with Crippen molar-refractivity contribution in [1.82, 2.24) is 14.1 Å². The molecular formula is C51H38N5OPt-3. The molecule has 1 aliphatic rings. The van der Waals surface area contributed by atoms with Crippen molar-refractivity contribution in [2.45, 2.75) is 26.2 Å². The van der Waals surface area contributed by atoms with E-state index in [1.54, 1.807) is 0 Å². The van der Waals surface area contributed by atoms with Crippen LogP contribution in [0.15, 0.2) is 152 Å². The number of anilines is 4. The van der Waals surface area contributed by atoms with Gasteiger partial charge >= 0.3 is 0 Å². The molecule has 4 heterocycles. The zero-order valence-electron chi connectivity index (χ0n) is 32.5. The summed E-state index contributed by atoms with van der Waals surface area (Å²) in [4.78, 5) is 9.54. The van der Waals surface area contributed by atoms with E-state index in [9.17, 15) is 0 Å². The van der Waals surface area contributed by atoms with Gasteiger partial charge in [0.25, 0.3) is 0 Å². The molecule has 0 N–H and O–H groups in total. The average molecular weight is 932 g/mol. The first-order valence-electron chi connectivity index (χ1n) is 19.3. The van der Waals surface area contributed by atoms with Crippen LogP contribution in [0.5, 0.6) is 11.5 Å². The van der Waals surface area contributed by atoms with Crippen LogP contribution in [0.3, 0.4) is 0 Å². The Balaban J connectivity index is 0.00000408. The Morgan fingerprint density at radius 3 is 2.07 bits per heavy atom. The fraction of sp³-hybridized carbons (Fsp3) is 0.0980. The SMILES string of the molecule is Cn1c2cc(-n3c4[c-]c(Oc5[c-]c(N6[CH-]N(c7ccccc7)c7ccccc76)cc(C(C)(C)C)c5)ccc4c4ccccc43)ncc2c2cc3ccccc3cc21.[Pt]. The number of hydrogen-bond donors (Lipinski definition) is 0. The molecule has 3 aromatic heterocycles. The van der Waals surface area contributed by atoms with Crippen LogP contribution in [-0.4, -0.2) is 14.1 Å². The van der Waals surface area contributed by atoms with Crippen molar-refractivity contribution >= 4 is 77.1 Å². The van der Waals surface area contributed by atoms with Crippen molar-refractivity contribution < 1.29 is 25.8 Å². The largest absolute Gasteiger partial charge is 0.509 e. The monoisotopic (exact) mass is 931 g/mol. The third kappa shape index (κ3) is 5.77. The molecule has 0 fully saturated rings. The number of rotatable bonds is 5. The van der Waals surface area contributed by atoms with Gasteiger partial charge in [0.05, 0.1) is 5.52 Å².